The first-order chi connectivity index (χ1) is 6.56. The molecule has 3 nitrogen and oxygen atoms in total. The van der Waals surface area contributed by atoms with Crippen molar-refractivity contribution in [3.05, 3.63) is 0 Å². The molecular formula is C10H15NO2S. The van der Waals surface area contributed by atoms with Gasteiger partial charge in [-0.3, -0.25) is 14.6 Å². The van der Waals surface area contributed by atoms with Crippen LogP contribution in [0.25, 0.3) is 0 Å². The van der Waals surface area contributed by atoms with E-state index in [-0.39, 0.29) is 23.5 Å². The molecule has 0 aromatic rings. The minimum absolute atomic E-state index is 0.0203. The van der Waals surface area contributed by atoms with E-state index in [0.29, 0.717) is 10.8 Å². The highest BCUT2D eigenvalue weighted by atomic mass is 32.2. The molecule has 0 N–H and O–H groups in total. The highest BCUT2D eigenvalue weighted by molar-refractivity contribution is 8.16. The Morgan fingerprint density at radius 1 is 1.64 bits per heavy atom. The van der Waals surface area contributed by atoms with Crippen molar-refractivity contribution in [2.24, 2.45) is 10.9 Å². The van der Waals surface area contributed by atoms with E-state index in [0.717, 1.165) is 6.42 Å². The SMILES string of the molecule is CCC(C)C(=O)C1=N[C@H](C(C)=O)CS1. The third-order valence-corrected chi connectivity index (χ3v) is 3.45. The number of aliphatic imine (C=N–C) groups is 1. The van der Waals surface area contributed by atoms with Gasteiger partial charge in [0.25, 0.3) is 0 Å². The maximum absolute atomic E-state index is 11.7. The Morgan fingerprint density at radius 3 is 2.71 bits per heavy atom. The summed E-state index contributed by atoms with van der Waals surface area (Å²) in [5, 5.41) is 0.541. The lowest BCUT2D eigenvalue weighted by molar-refractivity contribution is -0.117. The van der Waals surface area contributed by atoms with Crippen molar-refractivity contribution < 1.29 is 9.59 Å². The minimum atomic E-state index is -0.289. The first kappa shape index (κ1) is 11.4. The molecule has 1 aliphatic rings. The second kappa shape index (κ2) is 4.73. The van der Waals surface area contributed by atoms with E-state index in [1.165, 1.54) is 18.7 Å². The molecule has 0 aromatic heterocycles. The number of nitrogens with zero attached hydrogens (tertiary/aromatic N) is 1. The summed E-state index contributed by atoms with van der Waals surface area (Å²) in [6.45, 7) is 5.39. The maximum Gasteiger partial charge on any atom is 0.190 e. The van der Waals surface area contributed by atoms with Crippen LogP contribution in [0.2, 0.25) is 0 Å². The van der Waals surface area contributed by atoms with Crippen molar-refractivity contribution in [2.75, 3.05) is 5.75 Å². The van der Waals surface area contributed by atoms with Gasteiger partial charge >= 0.3 is 0 Å². The summed E-state index contributed by atoms with van der Waals surface area (Å²) < 4.78 is 0. The summed E-state index contributed by atoms with van der Waals surface area (Å²) in [6.07, 6.45) is 0.823. The summed E-state index contributed by atoms with van der Waals surface area (Å²) >= 11 is 1.41. The van der Waals surface area contributed by atoms with Gasteiger partial charge in [-0.25, -0.2) is 0 Å². The van der Waals surface area contributed by atoms with Crippen LogP contribution in [0.4, 0.5) is 0 Å². The molecule has 2 atom stereocenters. The molecule has 0 spiro atoms. The molecular weight excluding hydrogens is 198 g/mol. The summed E-state index contributed by atoms with van der Waals surface area (Å²) in [5.41, 5.74) is 0. The van der Waals surface area contributed by atoms with Gasteiger partial charge in [-0.1, -0.05) is 13.8 Å². The summed E-state index contributed by atoms with van der Waals surface area (Å²) in [4.78, 5) is 26.8. The van der Waals surface area contributed by atoms with E-state index in [4.69, 9.17) is 0 Å². The van der Waals surface area contributed by atoms with Gasteiger partial charge in [-0.05, 0) is 13.3 Å². The number of carbonyl (C=O) groups is 2. The van der Waals surface area contributed by atoms with Gasteiger partial charge in [0.2, 0.25) is 0 Å². The smallest absolute Gasteiger partial charge is 0.190 e. The third kappa shape index (κ3) is 2.44. The monoisotopic (exact) mass is 213 g/mol. The molecule has 0 aliphatic carbocycles. The van der Waals surface area contributed by atoms with Gasteiger partial charge in [0.05, 0.1) is 0 Å². The second-order valence-corrected chi connectivity index (χ2v) is 4.55. The molecule has 0 radical (unpaired) electrons. The van der Waals surface area contributed by atoms with E-state index in [1.54, 1.807) is 0 Å². The van der Waals surface area contributed by atoms with Gasteiger partial charge in [-0.15, -0.1) is 11.8 Å². The zero-order valence-electron chi connectivity index (χ0n) is 8.74. The molecule has 0 bridgehead atoms. The second-order valence-electron chi connectivity index (χ2n) is 3.55. The van der Waals surface area contributed by atoms with Crippen LogP contribution in [0.3, 0.4) is 0 Å². The number of Topliss-reactive ketones (excluding diaryl/α,β-unsaturated/α-hetero) is 2. The van der Waals surface area contributed by atoms with Crippen molar-refractivity contribution >= 4 is 28.4 Å². The summed E-state index contributed by atoms with van der Waals surface area (Å²) in [6, 6.07) is -0.289. The predicted molar refractivity (Wildman–Crippen MR) is 58.8 cm³/mol. The standard InChI is InChI=1S/C10H15NO2S/c1-4-6(2)9(13)10-11-8(5-14-10)7(3)12/h6,8H,4-5H2,1-3H3/t6?,8-/m0/s1. The average Bonchev–Trinajstić information content (AvgIpc) is 2.64. The molecule has 1 unspecified atom stereocenters. The van der Waals surface area contributed by atoms with Crippen LogP contribution in [0.15, 0.2) is 4.99 Å². The zero-order valence-corrected chi connectivity index (χ0v) is 9.56. The van der Waals surface area contributed by atoms with E-state index >= 15 is 0 Å². The van der Waals surface area contributed by atoms with E-state index in [9.17, 15) is 9.59 Å². The van der Waals surface area contributed by atoms with Crippen LogP contribution in [0.1, 0.15) is 27.2 Å². The molecule has 1 heterocycles. The summed E-state index contributed by atoms with van der Waals surface area (Å²) in [5.74, 6) is 0.782. The molecule has 14 heavy (non-hydrogen) atoms. The third-order valence-electron chi connectivity index (χ3n) is 2.39. The van der Waals surface area contributed by atoms with Crippen LogP contribution in [0.5, 0.6) is 0 Å². The first-order valence-electron chi connectivity index (χ1n) is 4.81. The Morgan fingerprint density at radius 2 is 2.29 bits per heavy atom. The number of hydrogen-bond donors (Lipinski definition) is 0. The van der Waals surface area contributed by atoms with Gasteiger partial charge in [-0.2, -0.15) is 0 Å². The number of ketones is 2. The van der Waals surface area contributed by atoms with Crippen LogP contribution in [-0.4, -0.2) is 28.4 Å². The molecule has 0 amide bonds. The van der Waals surface area contributed by atoms with Gasteiger partial charge in [0, 0.05) is 11.7 Å². The lowest BCUT2D eigenvalue weighted by Gasteiger charge is -2.04. The zero-order chi connectivity index (χ0) is 10.7. The van der Waals surface area contributed by atoms with Gasteiger partial charge in [0.15, 0.2) is 11.6 Å². The normalized spacial score (nSPS) is 23.1. The number of thioether (sulfide) groups is 1. The Labute approximate surface area is 88.4 Å². The first-order valence-corrected chi connectivity index (χ1v) is 5.80. The molecule has 0 aromatic carbocycles. The molecule has 0 saturated carbocycles. The Bertz CT molecular complexity index is 286. The Hall–Kier alpha value is -0.640. The van der Waals surface area contributed by atoms with Crippen LogP contribution in [0, 0.1) is 5.92 Å². The van der Waals surface area contributed by atoms with Crippen molar-refractivity contribution in [1.82, 2.24) is 0 Å². The highest BCUT2D eigenvalue weighted by Gasteiger charge is 2.27. The highest BCUT2D eigenvalue weighted by Crippen LogP contribution is 2.22. The van der Waals surface area contributed by atoms with E-state index < -0.39 is 0 Å². The maximum atomic E-state index is 11.7. The van der Waals surface area contributed by atoms with E-state index in [1.807, 2.05) is 13.8 Å². The quantitative estimate of drug-likeness (QED) is 0.714. The van der Waals surface area contributed by atoms with Crippen molar-refractivity contribution in [1.29, 1.82) is 0 Å². The average molecular weight is 213 g/mol. The van der Waals surface area contributed by atoms with Crippen molar-refractivity contribution in [3.63, 3.8) is 0 Å². The fourth-order valence-corrected chi connectivity index (χ4v) is 2.28. The molecule has 4 heteroatoms. The van der Waals surface area contributed by atoms with Crippen LogP contribution < -0.4 is 0 Å². The lowest BCUT2D eigenvalue weighted by Crippen LogP contribution is -2.18. The topological polar surface area (TPSA) is 46.5 Å². The molecule has 1 aliphatic heterocycles. The molecule has 1 rings (SSSR count). The molecule has 0 fully saturated rings. The molecule has 0 saturated heterocycles. The van der Waals surface area contributed by atoms with Crippen LogP contribution >= 0.6 is 11.8 Å². The lowest BCUT2D eigenvalue weighted by atomic mass is 10.0. The van der Waals surface area contributed by atoms with Crippen LogP contribution in [-0.2, 0) is 9.59 Å². The number of hydrogen-bond acceptors (Lipinski definition) is 4. The summed E-state index contributed by atoms with van der Waals surface area (Å²) in [7, 11) is 0. The Kier molecular flexibility index (Phi) is 3.86. The fraction of sp³-hybridized carbons (Fsp3) is 0.700. The van der Waals surface area contributed by atoms with Gasteiger partial charge in [0.1, 0.15) is 11.1 Å². The predicted octanol–water partition coefficient (Wildman–Crippen LogP) is 1.70. The molecule has 78 valence electrons. The largest absolute Gasteiger partial charge is 0.298 e. The van der Waals surface area contributed by atoms with Crippen molar-refractivity contribution in [3.8, 4) is 0 Å². The van der Waals surface area contributed by atoms with E-state index in [2.05, 4.69) is 4.99 Å². The fourth-order valence-electron chi connectivity index (χ4n) is 1.11. The minimum Gasteiger partial charge on any atom is -0.298 e. The number of carbonyl (C=O) groups excluding carboxylic acids is 2. The van der Waals surface area contributed by atoms with Gasteiger partial charge < -0.3 is 0 Å². The van der Waals surface area contributed by atoms with Crippen molar-refractivity contribution in [2.45, 2.75) is 33.2 Å². The number of rotatable bonds is 4. The Balaban J connectivity index is 2.67.